The Morgan fingerprint density at radius 2 is 1.54 bits per heavy atom. The molecule has 0 N–H and O–H groups in total. The van der Waals surface area contributed by atoms with Crippen LogP contribution in [0.15, 0.2) is 72.8 Å². The lowest BCUT2D eigenvalue weighted by Crippen LogP contribution is -2.32. The maximum absolute atomic E-state index is 6.38. The van der Waals surface area contributed by atoms with Crippen LogP contribution in [-0.2, 0) is 0 Å². The van der Waals surface area contributed by atoms with Gasteiger partial charge in [-0.2, -0.15) is 0 Å². The quantitative estimate of drug-likeness (QED) is 0.338. The molecule has 0 saturated heterocycles. The molecule has 184 valence electrons. The fourth-order valence-corrected chi connectivity index (χ4v) is 4.71. The average Bonchev–Trinajstić information content (AvgIpc) is 2.87. The van der Waals surface area contributed by atoms with Crippen LogP contribution in [0, 0.1) is 0 Å². The number of rotatable bonds is 9. The van der Waals surface area contributed by atoms with Crippen molar-refractivity contribution >= 4 is 11.1 Å². The second kappa shape index (κ2) is 11.0. The molecule has 3 aromatic rings. The third-order valence-electron chi connectivity index (χ3n) is 6.58. The zero-order valence-electron chi connectivity index (χ0n) is 21.6. The van der Waals surface area contributed by atoms with Gasteiger partial charge < -0.3 is 19.1 Å². The van der Waals surface area contributed by atoms with Crippen LogP contribution in [0.2, 0.25) is 0 Å². The number of hydrogen-bond donors (Lipinski definition) is 0. The van der Waals surface area contributed by atoms with Crippen molar-refractivity contribution in [2.24, 2.45) is 0 Å². The molecule has 35 heavy (non-hydrogen) atoms. The Kier molecular flexibility index (Phi) is 7.82. The topological polar surface area (TPSA) is 30.9 Å². The second-order valence-corrected chi connectivity index (χ2v) is 9.52. The number of fused-ring (bicyclic) bond motifs is 1. The summed E-state index contributed by atoms with van der Waals surface area (Å²) in [6, 6.07) is 25.3. The fraction of sp³-hybridized carbons (Fsp3) is 0.355. The van der Waals surface area contributed by atoms with E-state index in [4.69, 9.17) is 14.2 Å². The van der Waals surface area contributed by atoms with Crippen molar-refractivity contribution in [2.75, 3.05) is 33.4 Å². The van der Waals surface area contributed by atoms with Gasteiger partial charge in [0.15, 0.2) is 0 Å². The first kappa shape index (κ1) is 24.9. The van der Waals surface area contributed by atoms with Gasteiger partial charge in [-0.3, -0.25) is 0 Å². The Labute approximate surface area is 210 Å². The molecule has 0 aliphatic carbocycles. The number of ether oxygens (including phenoxy) is 3. The molecule has 0 spiro atoms. The van der Waals surface area contributed by atoms with Crippen LogP contribution in [0.1, 0.15) is 50.8 Å². The van der Waals surface area contributed by atoms with Gasteiger partial charge in [0.2, 0.25) is 0 Å². The van der Waals surface area contributed by atoms with Crippen LogP contribution in [0.4, 0.5) is 0 Å². The van der Waals surface area contributed by atoms with E-state index < -0.39 is 0 Å². The minimum atomic E-state index is -0.331. The molecule has 0 bridgehead atoms. The standard InChI is InChI=1S/C31H37NO3/c1-6-32(7-2)19-20-34-25-15-13-24(14-16-25)30(23-11-9-8-10-12-23)28-22-31(3,4)35-29-21-26(33-5)17-18-27(28)29/h8-18,21H,6-7,19-20,22H2,1-5H3/b30-28-. The third kappa shape index (κ3) is 5.88. The normalized spacial score (nSPS) is 15.8. The first-order chi connectivity index (χ1) is 16.9. The summed E-state index contributed by atoms with van der Waals surface area (Å²) in [5, 5.41) is 0. The number of hydrogen-bond acceptors (Lipinski definition) is 4. The van der Waals surface area contributed by atoms with Crippen LogP contribution in [0.5, 0.6) is 17.2 Å². The zero-order valence-corrected chi connectivity index (χ0v) is 21.6. The molecule has 1 aliphatic heterocycles. The largest absolute Gasteiger partial charge is 0.497 e. The van der Waals surface area contributed by atoms with E-state index >= 15 is 0 Å². The maximum Gasteiger partial charge on any atom is 0.131 e. The molecular formula is C31H37NO3. The lowest BCUT2D eigenvalue weighted by molar-refractivity contribution is 0.107. The highest BCUT2D eigenvalue weighted by Crippen LogP contribution is 2.46. The van der Waals surface area contributed by atoms with E-state index in [-0.39, 0.29) is 5.60 Å². The SMILES string of the molecule is CCN(CC)CCOc1ccc(/C(=C2/CC(C)(C)Oc3cc(OC)ccc32)c2ccccc2)cc1. The molecule has 3 aromatic carbocycles. The molecule has 0 amide bonds. The molecule has 0 saturated carbocycles. The summed E-state index contributed by atoms with van der Waals surface area (Å²) in [6.45, 7) is 12.4. The minimum Gasteiger partial charge on any atom is -0.497 e. The van der Waals surface area contributed by atoms with Crippen molar-refractivity contribution in [3.8, 4) is 17.2 Å². The van der Waals surface area contributed by atoms with Crippen LogP contribution >= 0.6 is 0 Å². The van der Waals surface area contributed by atoms with Crippen molar-refractivity contribution < 1.29 is 14.2 Å². The van der Waals surface area contributed by atoms with Crippen molar-refractivity contribution in [3.05, 3.63) is 89.5 Å². The van der Waals surface area contributed by atoms with Gasteiger partial charge in [-0.25, -0.2) is 0 Å². The van der Waals surface area contributed by atoms with Gasteiger partial charge in [-0.15, -0.1) is 0 Å². The van der Waals surface area contributed by atoms with Crippen LogP contribution < -0.4 is 14.2 Å². The molecule has 4 nitrogen and oxygen atoms in total. The lowest BCUT2D eigenvalue weighted by atomic mass is 9.82. The Balaban J connectivity index is 1.74. The summed E-state index contributed by atoms with van der Waals surface area (Å²) in [6.07, 6.45) is 0.804. The van der Waals surface area contributed by atoms with Gasteiger partial charge in [0.1, 0.15) is 29.5 Å². The molecule has 0 radical (unpaired) electrons. The molecular weight excluding hydrogens is 434 g/mol. The minimum absolute atomic E-state index is 0.331. The first-order valence-corrected chi connectivity index (χ1v) is 12.6. The van der Waals surface area contributed by atoms with E-state index in [2.05, 4.69) is 93.3 Å². The summed E-state index contributed by atoms with van der Waals surface area (Å²) in [7, 11) is 1.69. The maximum atomic E-state index is 6.38. The smallest absolute Gasteiger partial charge is 0.131 e. The fourth-order valence-electron chi connectivity index (χ4n) is 4.71. The molecule has 0 fully saturated rings. The zero-order chi connectivity index (χ0) is 24.8. The van der Waals surface area contributed by atoms with Crippen LogP contribution in [-0.4, -0.2) is 43.9 Å². The van der Waals surface area contributed by atoms with Gasteiger partial charge in [-0.1, -0.05) is 56.3 Å². The van der Waals surface area contributed by atoms with E-state index in [1.165, 1.54) is 22.3 Å². The lowest BCUT2D eigenvalue weighted by Gasteiger charge is -2.36. The monoisotopic (exact) mass is 471 g/mol. The highest BCUT2D eigenvalue weighted by molar-refractivity contribution is 6.00. The third-order valence-corrected chi connectivity index (χ3v) is 6.58. The van der Waals surface area contributed by atoms with Crippen molar-refractivity contribution in [2.45, 2.75) is 39.7 Å². The Morgan fingerprint density at radius 3 is 2.20 bits per heavy atom. The van der Waals surface area contributed by atoms with Gasteiger partial charge in [0.25, 0.3) is 0 Å². The Bertz CT molecular complexity index is 1150. The summed E-state index contributed by atoms with van der Waals surface area (Å²) in [5.41, 5.74) is 5.65. The van der Waals surface area contributed by atoms with Crippen LogP contribution in [0.3, 0.4) is 0 Å². The van der Waals surface area contributed by atoms with E-state index in [0.717, 1.165) is 48.9 Å². The Hall–Kier alpha value is -3.24. The molecule has 4 rings (SSSR count). The van der Waals surface area contributed by atoms with Crippen molar-refractivity contribution in [1.82, 2.24) is 4.90 Å². The van der Waals surface area contributed by atoms with Crippen LogP contribution in [0.25, 0.3) is 11.1 Å². The summed E-state index contributed by atoms with van der Waals surface area (Å²) >= 11 is 0. The highest BCUT2D eigenvalue weighted by atomic mass is 16.5. The summed E-state index contributed by atoms with van der Waals surface area (Å²) in [5.74, 6) is 2.56. The van der Waals surface area contributed by atoms with Gasteiger partial charge in [-0.05, 0) is 73.5 Å². The van der Waals surface area contributed by atoms with Gasteiger partial charge in [0, 0.05) is 24.6 Å². The van der Waals surface area contributed by atoms with E-state index in [9.17, 15) is 0 Å². The molecule has 4 heteroatoms. The molecule has 0 atom stereocenters. The molecule has 1 heterocycles. The molecule has 0 unspecified atom stereocenters. The van der Waals surface area contributed by atoms with Gasteiger partial charge >= 0.3 is 0 Å². The van der Waals surface area contributed by atoms with Gasteiger partial charge in [0.05, 0.1) is 7.11 Å². The highest BCUT2D eigenvalue weighted by Gasteiger charge is 2.32. The number of likely N-dealkylation sites (N-methyl/N-ethyl adjacent to an activating group) is 1. The molecule has 1 aliphatic rings. The average molecular weight is 472 g/mol. The number of nitrogens with zero attached hydrogens (tertiary/aromatic N) is 1. The van der Waals surface area contributed by atoms with E-state index in [1.807, 2.05) is 12.1 Å². The number of methoxy groups -OCH3 is 1. The second-order valence-electron chi connectivity index (χ2n) is 9.52. The molecule has 0 aromatic heterocycles. The number of benzene rings is 3. The first-order valence-electron chi connectivity index (χ1n) is 12.6. The predicted octanol–water partition coefficient (Wildman–Crippen LogP) is 6.94. The van der Waals surface area contributed by atoms with Crippen molar-refractivity contribution in [1.29, 1.82) is 0 Å². The summed E-state index contributed by atoms with van der Waals surface area (Å²) in [4.78, 5) is 2.37. The van der Waals surface area contributed by atoms with E-state index in [0.29, 0.717) is 6.61 Å². The summed E-state index contributed by atoms with van der Waals surface area (Å²) < 4.78 is 17.9. The van der Waals surface area contributed by atoms with E-state index in [1.54, 1.807) is 7.11 Å². The predicted molar refractivity (Wildman–Crippen MR) is 144 cm³/mol. The van der Waals surface area contributed by atoms with Crippen molar-refractivity contribution in [3.63, 3.8) is 0 Å². The Morgan fingerprint density at radius 1 is 0.886 bits per heavy atom.